The Balaban J connectivity index is 7.38. The summed E-state index contributed by atoms with van der Waals surface area (Å²) < 4.78 is 73.5. The van der Waals surface area contributed by atoms with Crippen molar-refractivity contribution in [2.24, 2.45) is 0 Å². The lowest BCUT2D eigenvalue weighted by atomic mass is 10.5. The van der Waals surface area contributed by atoms with Crippen LogP contribution < -0.4 is 0 Å². The molecule has 23 heavy (non-hydrogen) atoms. The molecule has 0 radical (unpaired) electrons. The van der Waals surface area contributed by atoms with E-state index in [4.69, 9.17) is 0 Å². The number of hydrogen-bond acceptors (Lipinski definition) is 6. The first-order valence-electron chi connectivity index (χ1n) is 7.77. The maximum absolute atomic E-state index is 12.7. The molecule has 0 amide bonds. The molecule has 6 nitrogen and oxygen atoms in total. The van der Waals surface area contributed by atoms with Gasteiger partial charge in [-0.2, -0.15) is 0 Å². The normalized spacial score (nSPS) is 14.9. The van der Waals surface area contributed by atoms with E-state index in [0.717, 1.165) is 18.8 Å². The molecule has 0 aliphatic carbocycles. The first-order chi connectivity index (χ1) is 10.2. The molecule has 0 aromatic rings. The van der Waals surface area contributed by atoms with Crippen LogP contribution in [0.25, 0.3) is 0 Å². The second-order valence-electron chi connectivity index (χ2n) is 6.40. The van der Waals surface area contributed by atoms with Gasteiger partial charge < -0.3 is 0 Å². The molecule has 0 aromatic heterocycles. The molecule has 0 aromatic carbocycles. The van der Waals surface area contributed by atoms with Gasteiger partial charge in [0, 0.05) is 18.8 Å². The Bertz CT molecular complexity index is 611. The van der Waals surface area contributed by atoms with E-state index < -0.39 is 40.6 Å². The Morgan fingerprint density at radius 3 is 0.957 bits per heavy atom. The quantitative estimate of drug-likeness (QED) is 0.514. The summed E-state index contributed by atoms with van der Waals surface area (Å²) in [5, 5.41) is 0. The van der Waals surface area contributed by atoms with E-state index in [1.165, 1.54) is 0 Å². The van der Waals surface area contributed by atoms with Gasteiger partial charge >= 0.3 is 0 Å². The molecule has 0 fully saturated rings. The molecule has 0 spiro atoms. The van der Waals surface area contributed by atoms with Gasteiger partial charge in [-0.1, -0.05) is 58.2 Å². The first kappa shape index (κ1) is 23.1. The Hall–Kier alpha value is 0.0669. The van der Waals surface area contributed by atoms with Gasteiger partial charge in [-0.05, 0) is 0 Å². The van der Waals surface area contributed by atoms with Crippen molar-refractivity contribution in [2.75, 3.05) is 18.8 Å². The van der Waals surface area contributed by atoms with Gasteiger partial charge in [0.2, 0.25) is 0 Å². The highest BCUT2D eigenvalue weighted by molar-refractivity contribution is 8.28. The molecule has 0 aliphatic heterocycles. The van der Waals surface area contributed by atoms with E-state index in [9.17, 15) is 25.3 Å². The van der Waals surface area contributed by atoms with E-state index in [2.05, 4.69) is 0 Å². The third-order valence-corrected chi connectivity index (χ3v) is 25.6. The zero-order chi connectivity index (χ0) is 18.7. The summed E-state index contributed by atoms with van der Waals surface area (Å²) in [6.45, 7) is 5.51. The lowest BCUT2D eigenvalue weighted by molar-refractivity contribution is 0.571. The number of rotatable bonds is 10. The second-order valence-corrected chi connectivity index (χ2v) is 19.5. The van der Waals surface area contributed by atoms with Gasteiger partial charge in [0.15, 0.2) is 29.5 Å². The molecule has 140 valence electrons. The van der Waals surface area contributed by atoms with E-state index in [-0.39, 0.29) is 0 Å². The second kappa shape index (κ2) is 7.53. The molecule has 0 atom stereocenters. The van der Waals surface area contributed by atoms with Crippen LogP contribution in [0.1, 0.15) is 40.0 Å². The fourth-order valence-electron chi connectivity index (χ4n) is 4.27. The lowest BCUT2D eigenvalue weighted by Gasteiger charge is -2.45. The van der Waals surface area contributed by atoms with E-state index >= 15 is 0 Å². The average molecular weight is 407 g/mol. The Labute approximate surface area is 142 Å². The van der Waals surface area contributed by atoms with Crippen molar-refractivity contribution in [1.29, 1.82) is 0 Å². The van der Waals surface area contributed by atoms with Gasteiger partial charge in [-0.15, -0.1) is 0 Å². The van der Waals surface area contributed by atoms with Gasteiger partial charge in [-0.25, -0.2) is 25.3 Å². The summed E-state index contributed by atoms with van der Waals surface area (Å²) in [6.07, 6.45) is 3.98. The van der Waals surface area contributed by atoms with Crippen LogP contribution in [0.2, 0.25) is 18.1 Å². The van der Waals surface area contributed by atoms with E-state index in [1.54, 1.807) is 0 Å². The van der Waals surface area contributed by atoms with Crippen LogP contribution >= 0.6 is 0 Å². The van der Waals surface area contributed by atoms with Crippen LogP contribution in [0.3, 0.4) is 0 Å². The van der Waals surface area contributed by atoms with Crippen LogP contribution in [0, 0.1) is 0 Å². The van der Waals surface area contributed by atoms with Crippen molar-refractivity contribution in [3.8, 4) is 0 Å². The summed E-state index contributed by atoms with van der Waals surface area (Å²) in [4.78, 5) is 0. The van der Waals surface area contributed by atoms with Crippen LogP contribution in [-0.2, 0) is 29.5 Å². The molecular weight excluding hydrogens is 376 g/mol. The number of hydrogen-bond donors (Lipinski definition) is 0. The fourth-order valence-corrected chi connectivity index (χ4v) is 27.6. The minimum atomic E-state index is -4.38. The molecule has 0 heterocycles. The SMILES string of the molecule is CCC[Si](CCC)(CCC)C(S(C)(=O)=O)(S(C)(=O)=O)S(C)(=O)=O. The van der Waals surface area contributed by atoms with Crippen LogP contribution in [0.15, 0.2) is 0 Å². The molecule has 0 saturated heterocycles. The first-order valence-corrected chi connectivity index (χ1v) is 16.1. The highest BCUT2D eigenvalue weighted by atomic mass is 32.3. The molecule has 10 heteroatoms. The summed E-state index contributed by atoms with van der Waals surface area (Å²) in [5.74, 6) is 0. The maximum Gasteiger partial charge on any atom is 0.256 e. The maximum atomic E-state index is 12.7. The zero-order valence-corrected chi connectivity index (χ0v) is 18.4. The molecule has 0 aliphatic rings. The van der Waals surface area contributed by atoms with Crippen molar-refractivity contribution in [3.05, 3.63) is 0 Å². The summed E-state index contributed by atoms with van der Waals surface area (Å²) in [5.41, 5.74) is 0. The predicted molar refractivity (Wildman–Crippen MR) is 98.3 cm³/mol. The Morgan fingerprint density at radius 1 is 0.609 bits per heavy atom. The van der Waals surface area contributed by atoms with Crippen LogP contribution in [-0.4, -0.2) is 55.1 Å². The van der Waals surface area contributed by atoms with Crippen LogP contribution in [0.5, 0.6) is 0 Å². The molecule has 0 unspecified atom stereocenters. The van der Waals surface area contributed by atoms with Gasteiger partial charge in [-0.3, -0.25) is 0 Å². The Morgan fingerprint density at radius 2 is 0.826 bits per heavy atom. The topological polar surface area (TPSA) is 102 Å². The van der Waals surface area contributed by atoms with Gasteiger partial charge in [0.25, 0.3) is 3.03 Å². The van der Waals surface area contributed by atoms with Crippen molar-refractivity contribution >= 4 is 37.6 Å². The van der Waals surface area contributed by atoms with E-state index in [0.29, 0.717) is 37.4 Å². The summed E-state index contributed by atoms with van der Waals surface area (Å²) in [6, 6.07) is 1.09. The molecule has 0 N–H and O–H groups in total. The molecule has 0 saturated carbocycles. The van der Waals surface area contributed by atoms with E-state index in [1.807, 2.05) is 20.8 Å². The van der Waals surface area contributed by atoms with Crippen molar-refractivity contribution in [2.45, 2.75) is 61.2 Å². The van der Waals surface area contributed by atoms with Gasteiger partial charge in [0.05, 0.1) is 0 Å². The average Bonchev–Trinajstić information content (AvgIpc) is 2.23. The standard InChI is InChI=1S/C13H30O6S3Si/c1-7-10-23(11-8-2,12-9-3)13(20(4,14)15,21(5,16)17)22(6,18)19/h7-12H2,1-6H3. The predicted octanol–water partition coefficient (Wildman–Crippen LogP) is 1.99. The summed E-state index contributed by atoms with van der Waals surface area (Å²) >= 11 is 0. The zero-order valence-electron chi connectivity index (χ0n) is 14.9. The van der Waals surface area contributed by atoms with Crippen molar-refractivity contribution in [1.82, 2.24) is 0 Å². The highest BCUT2D eigenvalue weighted by Crippen LogP contribution is 2.47. The molecule has 0 rings (SSSR count). The third kappa shape index (κ3) is 3.85. The monoisotopic (exact) mass is 406 g/mol. The minimum absolute atomic E-state index is 0.363. The van der Waals surface area contributed by atoms with Crippen molar-refractivity contribution < 1.29 is 25.3 Å². The fraction of sp³-hybridized carbons (Fsp3) is 1.00. The van der Waals surface area contributed by atoms with Crippen LogP contribution in [0.4, 0.5) is 0 Å². The van der Waals surface area contributed by atoms with Crippen molar-refractivity contribution in [3.63, 3.8) is 0 Å². The Kier molecular flexibility index (Phi) is 7.55. The lowest BCUT2D eigenvalue weighted by Crippen LogP contribution is -2.70. The summed E-state index contributed by atoms with van der Waals surface area (Å²) in [7, 11) is -16.4. The molecular formula is C13H30O6S3Si. The minimum Gasteiger partial charge on any atom is -0.227 e. The molecule has 0 bridgehead atoms. The highest BCUT2D eigenvalue weighted by Gasteiger charge is 2.71. The smallest absolute Gasteiger partial charge is 0.227 e. The largest absolute Gasteiger partial charge is 0.256 e. The van der Waals surface area contributed by atoms with Gasteiger partial charge in [0.1, 0.15) is 8.07 Å². The number of sulfone groups is 3. The third-order valence-electron chi connectivity index (χ3n) is 4.30.